The minimum atomic E-state index is 1.03. The predicted octanol–water partition coefficient (Wildman–Crippen LogP) is 8.53. The molecule has 5 heteroatoms. The lowest BCUT2D eigenvalue weighted by Crippen LogP contribution is -1.94. The highest BCUT2D eigenvalue weighted by molar-refractivity contribution is 7.20. The van der Waals surface area contributed by atoms with Crippen LogP contribution in [0.2, 0.25) is 0 Å². The lowest BCUT2D eigenvalue weighted by atomic mass is 10.1. The fraction of sp³-hybridized carbons (Fsp3) is 0. The number of aromatic nitrogens is 3. The van der Waals surface area contributed by atoms with E-state index in [4.69, 9.17) is 0 Å². The van der Waals surface area contributed by atoms with Crippen LogP contribution in [0.1, 0.15) is 0 Å². The van der Waals surface area contributed by atoms with E-state index in [-0.39, 0.29) is 0 Å². The van der Waals surface area contributed by atoms with Crippen molar-refractivity contribution in [1.82, 2.24) is 14.0 Å². The number of nitrogens with zero attached hydrogens (tertiary/aromatic N) is 3. The summed E-state index contributed by atoms with van der Waals surface area (Å²) >= 11 is 3.62. The van der Waals surface area contributed by atoms with Crippen LogP contribution in [-0.4, -0.2) is 14.0 Å². The first kappa shape index (κ1) is 18.5. The Kier molecular flexibility index (Phi) is 3.69. The van der Waals surface area contributed by atoms with Gasteiger partial charge in [0.25, 0.3) is 0 Å². The second kappa shape index (κ2) is 6.79. The summed E-state index contributed by atoms with van der Waals surface area (Å²) in [7, 11) is 0. The minimum absolute atomic E-state index is 1.03. The highest BCUT2D eigenvalue weighted by Gasteiger charge is 2.18. The van der Waals surface area contributed by atoms with Crippen molar-refractivity contribution < 1.29 is 0 Å². The van der Waals surface area contributed by atoms with Gasteiger partial charge in [0.1, 0.15) is 5.65 Å². The van der Waals surface area contributed by atoms with E-state index in [1.807, 2.05) is 28.9 Å². The van der Waals surface area contributed by atoms with Crippen LogP contribution in [0.3, 0.4) is 0 Å². The van der Waals surface area contributed by atoms with Crippen molar-refractivity contribution in [3.8, 4) is 16.1 Å². The highest BCUT2D eigenvalue weighted by atomic mass is 32.1. The first-order valence-electron chi connectivity index (χ1n) is 11.2. The molecule has 5 aromatic heterocycles. The molecule has 8 aromatic rings. The van der Waals surface area contributed by atoms with Gasteiger partial charge < -0.3 is 4.57 Å². The van der Waals surface area contributed by atoms with Gasteiger partial charge in [0.15, 0.2) is 0 Å². The van der Waals surface area contributed by atoms with Gasteiger partial charge >= 0.3 is 0 Å². The molecule has 5 heterocycles. The Morgan fingerprint density at radius 3 is 2.32 bits per heavy atom. The van der Waals surface area contributed by atoms with Crippen molar-refractivity contribution in [3.05, 3.63) is 102 Å². The molecule has 0 aliphatic rings. The number of imidazole rings is 1. The van der Waals surface area contributed by atoms with Crippen molar-refractivity contribution in [2.75, 3.05) is 0 Å². The van der Waals surface area contributed by atoms with E-state index in [2.05, 4.69) is 110 Å². The van der Waals surface area contributed by atoms with Gasteiger partial charge in [0.05, 0.1) is 21.3 Å². The van der Waals surface area contributed by atoms with Crippen molar-refractivity contribution in [3.63, 3.8) is 0 Å². The monoisotopic (exact) mass is 471 g/mol. The van der Waals surface area contributed by atoms with Crippen LogP contribution in [0, 0.1) is 0 Å². The molecule has 3 aromatic carbocycles. The summed E-state index contributed by atoms with van der Waals surface area (Å²) in [4.78, 5) is 5.98. The predicted molar refractivity (Wildman–Crippen MR) is 146 cm³/mol. The molecule has 0 bridgehead atoms. The van der Waals surface area contributed by atoms with Crippen molar-refractivity contribution in [2.24, 2.45) is 0 Å². The standard InChI is InChI=1S/C29H17N3S2/c1-3-10-23-20(8-1)21-9-2-4-11-24(21)32(23)19-7-5-6-18(16-19)27-26-22(17-34-27)29-30-13-14-31(29)25-12-15-33-28(25)26/h1-17H. The molecule has 0 atom stereocenters. The number of rotatable bonds is 2. The van der Waals surface area contributed by atoms with Crippen molar-refractivity contribution in [1.29, 1.82) is 0 Å². The molecule has 160 valence electrons. The normalized spacial score (nSPS) is 12.1. The van der Waals surface area contributed by atoms with Crippen LogP contribution >= 0.6 is 22.7 Å². The molecular weight excluding hydrogens is 454 g/mol. The maximum absolute atomic E-state index is 4.68. The van der Waals surface area contributed by atoms with Crippen molar-refractivity contribution >= 4 is 71.1 Å². The molecule has 0 fully saturated rings. The van der Waals surface area contributed by atoms with Crippen molar-refractivity contribution in [2.45, 2.75) is 0 Å². The van der Waals surface area contributed by atoms with E-state index in [0.29, 0.717) is 0 Å². The highest BCUT2D eigenvalue weighted by Crippen LogP contribution is 2.43. The van der Waals surface area contributed by atoms with E-state index in [0.717, 1.165) is 5.65 Å². The number of hydrogen-bond acceptors (Lipinski definition) is 3. The summed E-state index contributed by atoms with van der Waals surface area (Å²) in [6.45, 7) is 0. The van der Waals surface area contributed by atoms with Crippen LogP contribution in [-0.2, 0) is 0 Å². The fourth-order valence-electron chi connectivity index (χ4n) is 5.32. The summed E-state index contributed by atoms with van der Waals surface area (Å²) in [5.41, 5.74) is 7.14. The molecule has 0 aliphatic heterocycles. The van der Waals surface area contributed by atoms with Gasteiger partial charge in [-0.15, -0.1) is 22.7 Å². The maximum atomic E-state index is 4.68. The summed E-state index contributed by atoms with van der Waals surface area (Å²) in [6, 6.07) is 28.5. The second-order valence-corrected chi connectivity index (χ2v) is 10.3. The zero-order valence-corrected chi connectivity index (χ0v) is 19.6. The molecular formula is C29H17N3S2. The number of fused-ring (bicyclic) bond motifs is 9. The third kappa shape index (κ3) is 2.37. The molecule has 0 amide bonds. The van der Waals surface area contributed by atoms with E-state index >= 15 is 0 Å². The van der Waals surface area contributed by atoms with Crippen LogP contribution < -0.4 is 0 Å². The average Bonchev–Trinajstić information content (AvgIpc) is 3.67. The number of thiophene rings is 2. The Morgan fingerprint density at radius 2 is 1.50 bits per heavy atom. The van der Waals surface area contributed by atoms with Gasteiger partial charge in [-0.3, -0.25) is 4.40 Å². The minimum Gasteiger partial charge on any atom is -0.309 e. The number of benzene rings is 3. The van der Waals surface area contributed by atoms with Crippen LogP contribution in [0.4, 0.5) is 0 Å². The Hall–Kier alpha value is -3.93. The van der Waals surface area contributed by atoms with Crippen LogP contribution in [0.25, 0.3) is 64.6 Å². The third-order valence-electron chi connectivity index (χ3n) is 6.75. The summed E-state index contributed by atoms with van der Waals surface area (Å²) in [5, 5.41) is 9.55. The van der Waals surface area contributed by atoms with Crippen LogP contribution in [0.15, 0.2) is 102 Å². The first-order chi connectivity index (χ1) is 16.9. The molecule has 8 rings (SSSR count). The largest absolute Gasteiger partial charge is 0.309 e. The first-order valence-corrected chi connectivity index (χ1v) is 13.0. The molecule has 0 saturated heterocycles. The smallest absolute Gasteiger partial charge is 0.146 e. The Labute approximate surface area is 202 Å². The topological polar surface area (TPSA) is 22.2 Å². The molecule has 0 saturated carbocycles. The van der Waals surface area contributed by atoms with Gasteiger partial charge in [-0.05, 0) is 41.3 Å². The summed E-state index contributed by atoms with van der Waals surface area (Å²) < 4.78 is 5.91. The Bertz CT molecular complexity index is 1950. The SMILES string of the molecule is c1cc(-c2scc3c2c2sccc2n2ccnc32)cc(-n2c3ccccc3c3ccccc32)c1. The summed E-state index contributed by atoms with van der Waals surface area (Å²) in [6.07, 6.45) is 3.95. The lowest BCUT2D eigenvalue weighted by molar-refractivity contribution is 1.18. The zero-order valence-electron chi connectivity index (χ0n) is 18.0. The summed E-state index contributed by atoms with van der Waals surface area (Å²) in [5.74, 6) is 0. The van der Waals surface area contributed by atoms with Gasteiger partial charge in [-0.25, -0.2) is 4.98 Å². The Morgan fingerprint density at radius 1 is 0.706 bits per heavy atom. The zero-order chi connectivity index (χ0) is 22.2. The van der Waals surface area contributed by atoms with E-state index in [1.54, 1.807) is 0 Å². The van der Waals surface area contributed by atoms with Gasteiger partial charge in [-0.2, -0.15) is 0 Å². The Balaban J connectivity index is 1.43. The molecule has 0 aliphatic carbocycles. The van der Waals surface area contributed by atoms with E-state index in [1.165, 1.54) is 58.9 Å². The molecule has 0 N–H and O–H groups in total. The van der Waals surface area contributed by atoms with E-state index in [9.17, 15) is 0 Å². The molecule has 3 nitrogen and oxygen atoms in total. The fourth-order valence-corrected chi connectivity index (χ4v) is 7.39. The maximum Gasteiger partial charge on any atom is 0.146 e. The number of para-hydroxylation sites is 2. The molecule has 0 radical (unpaired) electrons. The lowest BCUT2D eigenvalue weighted by Gasteiger charge is -2.10. The molecule has 34 heavy (non-hydrogen) atoms. The number of hydrogen-bond donors (Lipinski definition) is 0. The third-order valence-corrected chi connectivity index (χ3v) is 8.70. The van der Waals surface area contributed by atoms with E-state index < -0.39 is 0 Å². The quantitative estimate of drug-likeness (QED) is 0.248. The van der Waals surface area contributed by atoms with Gasteiger partial charge in [-0.1, -0.05) is 48.5 Å². The van der Waals surface area contributed by atoms with Crippen LogP contribution in [0.5, 0.6) is 0 Å². The molecule has 0 unspecified atom stereocenters. The van der Waals surface area contributed by atoms with Gasteiger partial charge in [0, 0.05) is 49.9 Å². The number of pyridine rings is 1. The molecule has 0 spiro atoms. The second-order valence-electron chi connectivity index (χ2n) is 8.53. The average molecular weight is 472 g/mol. The van der Waals surface area contributed by atoms with Gasteiger partial charge in [0.2, 0.25) is 0 Å².